The Morgan fingerprint density at radius 2 is 1.96 bits per heavy atom. The number of hydrogen-bond donors (Lipinski definition) is 2. The van der Waals surface area contributed by atoms with Crippen LogP contribution in [0.4, 0.5) is 0 Å². The molecule has 0 bridgehead atoms. The minimum Gasteiger partial charge on any atom is -0.345 e. The van der Waals surface area contributed by atoms with Gasteiger partial charge in [-0.3, -0.25) is 4.79 Å². The summed E-state index contributed by atoms with van der Waals surface area (Å²) < 4.78 is 0. The van der Waals surface area contributed by atoms with Gasteiger partial charge in [-0.2, -0.15) is 11.3 Å². The number of hydrogen-bond acceptors (Lipinski definition) is 3. The van der Waals surface area contributed by atoms with Crippen LogP contribution in [0.1, 0.15) is 42.9 Å². The number of benzene rings is 1. The van der Waals surface area contributed by atoms with Crippen LogP contribution in [0.15, 0.2) is 41.1 Å². The van der Waals surface area contributed by atoms with Crippen molar-refractivity contribution in [3.05, 3.63) is 57.2 Å². The number of nitrogens with two attached hydrogens (primary N) is 1. The van der Waals surface area contributed by atoms with Gasteiger partial charge >= 0.3 is 0 Å². The maximum absolute atomic E-state index is 12.7. The predicted molar refractivity (Wildman–Crippen MR) is 103 cm³/mol. The van der Waals surface area contributed by atoms with Crippen LogP contribution < -0.4 is 11.1 Å². The van der Waals surface area contributed by atoms with Crippen molar-refractivity contribution in [1.29, 1.82) is 0 Å². The molecule has 3 unspecified atom stereocenters. The quantitative estimate of drug-likeness (QED) is 0.812. The van der Waals surface area contributed by atoms with Gasteiger partial charge in [0.15, 0.2) is 0 Å². The Balaban J connectivity index is 0.00000208. The zero-order valence-corrected chi connectivity index (χ0v) is 15.7. The standard InChI is InChI=1S/C18H21ClN2OS.ClH/c19-15-6-4-12(5-7-15)17(14-8-9-23-11-14)21-18(22)13-2-1-3-16(20)10-13;/h4-9,11,13,16-17H,1-3,10,20H2,(H,21,22);1H. The van der Waals surface area contributed by atoms with E-state index in [9.17, 15) is 4.79 Å². The van der Waals surface area contributed by atoms with Crippen molar-refractivity contribution in [3.63, 3.8) is 0 Å². The molecule has 1 aliphatic carbocycles. The van der Waals surface area contributed by atoms with E-state index in [2.05, 4.69) is 16.8 Å². The lowest BCUT2D eigenvalue weighted by atomic mass is 9.85. The molecule has 24 heavy (non-hydrogen) atoms. The highest BCUT2D eigenvalue weighted by Crippen LogP contribution is 2.28. The highest BCUT2D eigenvalue weighted by molar-refractivity contribution is 7.08. The Labute approximate surface area is 158 Å². The van der Waals surface area contributed by atoms with E-state index in [1.165, 1.54) is 0 Å². The SMILES string of the molecule is Cl.NC1CCCC(C(=O)NC(c2ccc(Cl)cc2)c2ccsc2)C1. The van der Waals surface area contributed by atoms with Crippen molar-refractivity contribution in [2.24, 2.45) is 11.7 Å². The topological polar surface area (TPSA) is 55.1 Å². The average Bonchev–Trinajstić information content (AvgIpc) is 3.07. The molecule has 3 nitrogen and oxygen atoms in total. The van der Waals surface area contributed by atoms with Gasteiger partial charge in [-0.15, -0.1) is 12.4 Å². The summed E-state index contributed by atoms with van der Waals surface area (Å²) in [5, 5.41) is 8.02. The highest BCUT2D eigenvalue weighted by Gasteiger charge is 2.27. The van der Waals surface area contributed by atoms with Crippen LogP contribution in [0, 0.1) is 5.92 Å². The Kier molecular flexibility index (Phi) is 7.11. The molecule has 6 heteroatoms. The molecule has 1 aromatic heterocycles. The smallest absolute Gasteiger partial charge is 0.223 e. The number of nitrogens with one attached hydrogen (secondary N) is 1. The Hall–Kier alpha value is -1.07. The molecular formula is C18H22Cl2N2OS. The molecule has 3 rings (SSSR count). The third-order valence-electron chi connectivity index (χ3n) is 4.45. The third kappa shape index (κ3) is 4.73. The second-order valence-corrected chi connectivity index (χ2v) is 7.39. The van der Waals surface area contributed by atoms with Crippen LogP contribution in [0.5, 0.6) is 0 Å². The first-order chi connectivity index (χ1) is 11.1. The Morgan fingerprint density at radius 3 is 2.58 bits per heavy atom. The van der Waals surface area contributed by atoms with E-state index < -0.39 is 0 Å². The summed E-state index contributed by atoms with van der Waals surface area (Å²) in [6, 6.07) is 9.72. The molecule has 130 valence electrons. The molecule has 2 aromatic rings. The largest absolute Gasteiger partial charge is 0.345 e. The maximum atomic E-state index is 12.7. The van der Waals surface area contributed by atoms with Crippen LogP contribution in [-0.4, -0.2) is 11.9 Å². The van der Waals surface area contributed by atoms with Gasteiger partial charge in [0.2, 0.25) is 5.91 Å². The van der Waals surface area contributed by atoms with Gasteiger partial charge in [0.25, 0.3) is 0 Å². The van der Waals surface area contributed by atoms with Crippen molar-refractivity contribution < 1.29 is 4.79 Å². The van der Waals surface area contributed by atoms with E-state index >= 15 is 0 Å². The van der Waals surface area contributed by atoms with Crippen molar-refractivity contribution in [1.82, 2.24) is 5.32 Å². The third-order valence-corrected chi connectivity index (χ3v) is 5.41. The lowest BCUT2D eigenvalue weighted by Gasteiger charge is -2.28. The number of thiophene rings is 1. The van der Waals surface area contributed by atoms with Crippen LogP contribution in [-0.2, 0) is 4.79 Å². The maximum Gasteiger partial charge on any atom is 0.223 e. The van der Waals surface area contributed by atoms with E-state index in [1.807, 2.05) is 29.6 Å². The molecule has 1 heterocycles. The summed E-state index contributed by atoms with van der Waals surface area (Å²) in [5.41, 5.74) is 8.17. The van der Waals surface area contributed by atoms with Gasteiger partial charge in [-0.1, -0.05) is 30.2 Å². The first-order valence-corrected chi connectivity index (χ1v) is 9.29. The molecule has 3 atom stereocenters. The number of carbonyl (C=O) groups is 1. The minimum absolute atomic E-state index is 0. The van der Waals surface area contributed by atoms with Gasteiger partial charge in [0, 0.05) is 17.0 Å². The van der Waals surface area contributed by atoms with Crippen LogP contribution in [0.2, 0.25) is 5.02 Å². The Bertz CT molecular complexity index is 646. The zero-order chi connectivity index (χ0) is 16.2. The van der Waals surface area contributed by atoms with E-state index in [0.29, 0.717) is 5.02 Å². The lowest BCUT2D eigenvalue weighted by molar-refractivity contribution is -0.126. The lowest BCUT2D eigenvalue weighted by Crippen LogP contribution is -2.39. The predicted octanol–water partition coefficient (Wildman–Crippen LogP) is 4.55. The van der Waals surface area contributed by atoms with Gasteiger partial charge < -0.3 is 11.1 Å². The van der Waals surface area contributed by atoms with Gasteiger partial charge in [0.1, 0.15) is 0 Å². The van der Waals surface area contributed by atoms with E-state index in [4.69, 9.17) is 17.3 Å². The van der Waals surface area contributed by atoms with Crippen molar-refractivity contribution >= 4 is 41.3 Å². The second kappa shape index (κ2) is 8.86. The van der Waals surface area contributed by atoms with E-state index in [1.54, 1.807) is 11.3 Å². The fourth-order valence-corrected chi connectivity index (χ4v) is 3.99. The minimum atomic E-state index is -0.135. The van der Waals surface area contributed by atoms with Gasteiger partial charge in [0.05, 0.1) is 6.04 Å². The monoisotopic (exact) mass is 384 g/mol. The fourth-order valence-electron chi connectivity index (χ4n) is 3.18. The number of amides is 1. The van der Waals surface area contributed by atoms with Crippen molar-refractivity contribution in [2.45, 2.75) is 37.8 Å². The van der Waals surface area contributed by atoms with Gasteiger partial charge in [-0.25, -0.2) is 0 Å². The normalized spacial score (nSPS) is 21.6. The average molecular weight is 385 g/mol. The summed E-state index contributed by atoms with van der Waals surface area (Å²) in [7, 11) is 0. The van der Waals surface area contributed by atoms with Crippen molar-refractivity contribution in [2.75, 3.05) is 0 Å². The first kappa shape index (κ1) is 19.3. The summed E-state index contributed by atoms with van der Waals surface area (Å²) in [6.45, 7) is 0. The summed E-state index contributed by atoms with van der Waals surface area (Å²) in [6.07, 6.45) is 3.76. The zero-order valence-electron chi connectivity index (χ0n) is 13.3. The molecule has 3 N–H and O–H groups in total. The van der Waals surface area contributed by atoms with Crippen LogP contribution in [0.3, 0.4) is 0 Å². The summed E-state index contributed by atoms with van der Waals surface area (Å²) in [4.78, 5) is 12.7. The van der Waals surface area contributed by atoms with Gasteiger partial charge in [-0.05, 0) is 59.3 Å². The molecule has 0 aliphatic heterocycles. The van der Waals surface area contributed by atoms with Crippen LogP contribution in [0.25, 0.3) is 0 Å². The van der Waals surface area contributed by atoms with E-state index in [0.717, 1.165) is 36.8 Å². The fraction of sp³-hybridized carbons (Fsp3) is 0.389. The Morgan fingerprint density at radius 1 is 1.21 bits per heavy atom. The molecule has 1 aliphatic rings. The number of halogens is 2. The highest BCUT2D eigenvalue weighted by atomic mass is 35.5. The molecule has 1 fully saturated rings. The molecule has 0 saturated heterocycles. The molecule has 0 radical (unpaired) electrons. The molecule has 1 aromatic carbocycles. The summed E-state index contributed by atoms with van der Waals surface area (Å²) in [5.74, 6) is 0.124. The van der Waals surface area contributed by atoms with Crippen molar-refractivity contribution in [3.8, 4) is 0 Å². The number of rotatable bonds is 4. The molecule has 0 spiro atoms. The van der Waals surface area contributed by atoms with Crippen LogP contribution >= 0.6 is 35.3 Å². The summed E-state index contributed by atoms with van der Waals surface area (Å²) >= 11 is 7.62. The second-order valence-electron chi connectivity index (χ2n) is 6.17. The number of carbonyl (C=O) groups excluding carboxylic acids is 1. The molecular weight excluding hydrogens is 363 g/mol. The first-order valence-electron chi connectivity index (χ1n) is 7.97. The van der Waals surface area contributed by atoms with E-state index in [-0.39, 0.29) is 36.3 Å². The molecule has 1 amide bonds. The molecule has 1 saturated carbocycles.